The third-order valence-electron chi connectivity index (χ3n) is 4.13. The van der Waals surface area contributed by atoms with Crippen molar-refractivity contribution in [3.05, 3.63) is 77.6 Å². The number of hydrogen-bond acceptors (Lipinski definition) is 6. The third kappa shape index (κ3) is 4.65. The van der Waals surface area contributed by atoms with Crippen molar-refractivity contribution in [1.29, 1.82) is 0 Å². The minimum Gasteiger partial charge on any atom is -0.394 e. The molecule has 2 N–H and O–H groups in total. The number of hydrogen-bond donors (Lipinski definition) is 2. The zero-order valence-corrected chi connectivity index (χ0v) is 16.1. The standard InChI is InChI=1S/C20H20N4O3S/c1-24-18(16(12-25)21-19(27)15-10-6-3-7-11-15)22-23-20(24)28-13-17(26)14-8-4-2-5-9-14/h2-11,16,25H,12-13H2,1H3,(H,21,27)/t16-/m1/s1. The van der Waals surface area contributed by atoms with Gasteiger partial charge in [0.25, 0.3) is 5.91 Å². The Hall–Kier alpha value is -2.97. The van der Waals surface area contributed by atoms with Crippen LogP contribution in [-0.4, -0.2) is 43.9 Å². The zero-order valence-electron chi connectivity index (χ0n) is 15.3. The third-order valence-corrected chi connectivity index (χ3v) is 5.15. The van der Waals surface area contributed by atoms with Crippen LogP contribution in [-0.2, 0) is 7.05 Å². The second-order valence-corrected chi connectivity index (χ2v) is 6.99. The summed E-state index contributed by atoms with van der Waals surface area (Å²) in [6.45, 7) is -0.321. The normalized spacial score (nSPS) is 11.8. The van der Waals surface area contributed by atoms with Gasteiger partial charge in [-0.05, 0) is 12.1 Å². The summed E-state index contributed by atoms with van der Waals surface area (Å²) in [7, 11) is 1.74. The van der Waals surface area contributed by atoms with Gasteiger partial charge >= 0.3 is 0 Å². The Labute approximate surface area is 166 Å². The molecule has 0 bridgehead atoms. The number of thioether (sulfide) groups is 1. The maximum atomic E-state index is 12.3. The van der Waals surface area contributed by atoms with Crippen LogP contribution >= 0.6 is 11.8 Å². The molecule has 1 amide bonds. The SMILES string of the molecule is Cn1c(SCC(=O)c2ccccc2)nnc1[C@@H](CO)NC(=O)c1ccccc1. The van der Waals surface area contributed by atoms with Gasteiger partial charge in [0.05, 0.1) is 12.4 Å². The molecule has 144 valence electrons. The molecule has 1 aromatic heterocycles. The van der Waals surface area contributed by atoms with Crippen molar-refractivity contribution in [2.24, 2.45) is 7.05 Å². The molecule has 3 aromatic rings. The largest absolute Gasteiger partial charge is 0.394 e. The van der Waals surface area contributed by atoms with Crippen LogP contribution in [0.25, 0.3) is 0 Å². The van der Waals surface area contributed by atoms with Gasteiger partial charge in [-0.25, -0.2) is 0 Å². The highest BCUT2D eigenvalue weighted by molar-refractivity contribution is 7.99. The lowest BCUT2D eigenvalue weighted by Gasteiger charge is -2.15. The Morgan fingerprint density at radius 3 is 2.25 bits per heavy atom. The van der Waals surface area contributed by atoms with Gasteiger partial charge in [0, 0.05) is 18.2 Å². The van der Waals surface area contributed by atoms with Gasteiger partial charge < -0.3 is 15.0 Å². The molecule has 8 heteroatoms. The van der Waals surface area contributed by atoms with Crippen LogP contribution in [0.1, 0.15) is 32.6 Å². The number of benzene rings is 2. The maximum absolute atomic E-state index is 12.3. The van der Waals surface area contributed by atoms with Gasteiger partial charge in [0.1, 0.15) is 6.04 Å². The molecular weight excluding hydrogens is 376 g/mol. The first-order valence-corrected chi connectivity index (χ1v) is 9.66. The summed E-state index contributed by atoms with van der Waals surface area (Å²) in [4.78, 5) is 24.6. The van der Waals surface area contributed by atoms with E-state index in [0.29, 0.717) is 22.1 Å². The Balaban J connectivity index is 1.67. The minimum atomic E-state index is -0.704. The predicted octanol–water partition coefficient (Wildman–Crippen LogP) is 2.25. The predicted molar refractivity (Wildman–Crippen MR) is 106 cm³/mol. The van der Waals surface area contributed by atoms with Gasteiger partial charge in [0.15, 0.2) is 16.8 Å². The van der Waals surface area contributed by atoms with Crippen LogP contribution in [0.5, 0.6) is 0 Å². The van der Waals surface area contributed by atoms with E-state index in [4.69, 9.17) is 0 Å². The van der Waals surface area contributed by atoms with Gasteiger partial charge in [0.2, 0.25) is 0 Å². The summed E-state index contributed by atoms with van der Waals surface area (Å²) in [6, 6.07) is 17.1. The molecule has 0 saturated carbocycles. The van der Waals surface area contributed by atoms with Gasteiger partial charge in [-0.1, -0.05) is 60.3 Å². The van der Waals surface area contributed by atoms with Crippen LogP contribution in [0.15, 0.2) is 65.8 Å². The molecule has 28 heavy (non-hydrogen) atoms. The van der Waals surface area contributed by atoms with Crippen LogP contribution in [0.3, 0.4) is 0 Å². The number of Topliss-reactive ketones (excluding diaryl/α,β-unsaturated/α-hetero) is 1. The van der Waals surface area contributed by atoms with Crippen LogP contribution in [0.2, 0.25) is 0 Å². The molecule has 0 radical (unpaired) electrons. The van der Waals surface area contributed by atoms with E-state index in [0.717, 1.165) is 0 Å². The van der Waals surface area contributed by atoms with Crippen LogP contribution < -0.4 is 5.32 Å². The first-order valence-electron chi connectivity index (χ1n) is 8.67. The fraction of sp³-hybridized carbons (Fsp3) is 0.200. The lowest BCUT2D eigenvalue weighted by atomic mass is 10.2. The van der Waals surface area contributed by atoms with Crippen LogP contribution in [0, 0.1) is 0 Å². The Bertz CT molecular complexity index is 945. The molecule has 7 nitrogen and oxygen atoms in total. The molecule has 2 aromatic carbocycles. The second kappa shape index (κ2) is 9.29. The van der Waals surface area contributed by atoms with E-state index in [2.05, 4.69) is 15.5 Å². The monoisotopic (exact) mass is 396 g/mol. The number of rotatable bonds is 8. The van der Waals surface area contributed by atoms with Crippen molar-refractivity contribution in [2.75, 3.05) is 12.4 Å². The number of aromatic nitrogens is 3. The van der Waals surface area contributed by atoms with E-state index in [-0.39, 0.29) is 24.1 Å². The molecule has 1 atom stereocenters. The Kier molecular flexibility index (Phi) is 6.57. The smallest absolute Gasteiger partial charge is 0.251 e. The van der Waals surface area contributed by atoms with E-state index < -0.39 is 6.04 Å². The van der Waals surface area contributed by atoms with Gasteiger partial charge in [-0.3, -0.25) is 9.59 Å². The van der Waals surface area contributed by atoms with Crippen molar-refractivity contribution in [2.45, 2.75) is 11.2 Å². The molecule has 0 aliphatic carbocycles. The number of nitrogens with one attached hydrogen (secondary N) is 1. The number of amides is 1. The van der Waals surface area contributed by atoms with E-state index in [1.807, 2.05) is 24.3 Å². The average Bonchev–Trinajstić information content (AvgIpc) is 3.11. The number of aliphatic hydroxyl groups is 1. The van der Waals surface area contributed by atoms with Gasteiger partial charge in [-0.15, -0.1) is 10.2 Å². The van der Waals surface area contributed by atoms with Crippen molar-refractivity contribution in [1.82, 2.24) is 20.1 Å². The molecular formula is C20H20N4O3S. The van der Waals surface area contributed by atoms with Crippen molar-refractivity contribution in [3.8, 4) is 0 Å². The van der Waals surface area contributed by atoms with E-state index in [1.54, 1.807) is 48.0 Å². The Morgan fingerprint density at radius 2 is 1.64 bits per heavy atom. The van der Waals surface area contributed by atoms with E-state index >= 15 is 0 Å². The molecule has 0 aliphatic rings. The summed E-state index contributed by atoms with van der Waals surface area (Å²) in [5.41, 5.74) is 1.13. The molecule has 1 heterocycles. The van der Waals surface area contributed by atoms with E-state index in [1.165, 1.54) is 11.8 Å². The number of carbonyl (C=O) groups excluding carboxylic acids is 2. The fourth-order valence-electron chi connectivity index (χ4n) is 2.62. The zero-order chi connectivity index (χ0) is 19.9. The lowest BCUT2D eigenvalue weighted by molar-refractivity contribution is 0.0911. The highest BCUT2D eigenvalue weighted by Crippen LogP contribution is 2.20. The number of carbonyl (C=O) groups is 2. The molecule has 0 spiro atoms. The van der Waals surface area contributed by atoms with E-state index in [9.17, 15) is 14.7 Å². The quantitative estimate of drug-likeness (QED) is 0.448. The summed E-state index contributed by atoms with van der Waals surface area (Å²) < 4.78 is 1.68. The molecule has 0 saturated heterocycles. The summed E-state index contributed by atoms with van der Waals surface area (Å²) in [5.74, 6) is 0.319. The molecule has 0 unspecified atom stereocenters. The topological polar surface area (TPSA) is 97.1 Å². The van der Waals surface area contributed by atoms with Crippen molar-refractivity contribution < 1.29 is 14.7 Å². The molecule has 3 rings (SSSR count). The van der Waals surface area contributed by atoms with Crippen molar-refractivity contribution >= 4 is 23.5 Å². The summed E-state index contributed by atoms with van der Waals surface area (Å²) in [6.07, 6.45) is 0. The molecule has 0 fully saturated rings. The molecule has 0 aliphatic heterocycles. The average molecular weight is 396 g/mol. The number of ketones is 1. The summed E-state index contributed by atoms with van der Waals surface area (Å²) >= 11 is 1.26. The highest BCUT2D eigenvalue weighted by atomic mass is 32.2. The lowest BCUT2D eigenvalue weighted by Crippen LogP contribution is -2.32. The maximum Gasteiger partial charge on any atom is 0.251 e. The number of aliphatic hydroxyl groups excluding tert-OH is 1. The van der Waals surface area contributed by atoms with Crippen molar-refractivity contribution in [3.63, 3.8) is 0 Å². The second-order valence-electron chi connectivity index (χ2n) is 6.05. The van der Waals surface area contributed by atoms with Gasteiger partial charge in [-0.2, -0.15) is 0 Å². The first kappa shape index (κ1) is 19.8. The minimum absolute atomic E-state index is 0.00811. The highest BCUT2D eigenvalue weighted by Gasteiger charge is 2.22. The fourth-order valence-corrected chi connectivity index (χ4v) is 3.43. The first-order chi connectivity index (χ1) is 13.6. The summed E-state index contributed by atoms with van der Waals surface area (Å²) in [5, 5.41) is 21.2. The Morgan fingerprint density at radius 1 is 1.04 bits per heavy atom. The van der Waals surface area contributed by atoms with Crippen LogP contribution in [0.4, 0.5) is 0 Å². The number of nitrogens with zero attached hydrogens (tertiary/aromatic N) is 3.